The van der Waals surface area contributed by atoms with Crippen molar-refractivity contribution in [3.63, 3.8) is 0 Å². The molecule has 31 heavy (non-hydrogen) atoms. The summed E-state index contributed by atoms with van der Waals surface area (Å²) in [6, 6.07) is 3.92. The van der Waals surface area contributed by atoms with Crippen molar-refractivity contribution in [1.82, 2.24) is 15.5 Å². The van der Waals surface area contributed by atoms with Crippen LogP contribution in [0.3, 0.4) is 0 Å². The Morgan fingerprint density at radius 2 is 1.58 bits per heavy atom. The van der Waals surface area contributed by atoms with E-state index < -0.39 is 11.9 Å². The van der Waals surface area contributed by atoms with Crippen molar-refractivity contribution in [2.24, 2.45) is 11.8 Å². The highest BCUT2D eigenvalue weighted by atomic mass is 16.3. The second-order valence-corrected chi connectivity index (χ2v) is 9.26. The van der Waals surface area contributed by atoms with E-state index in [1.54, 1.807) is 6.07 Å². The van der Waals surface area contributed by atoms with Gasteiger partial charge in [0.05, 0.1) is 0 Å². The Labute approximate surface area is 183 Å². The Hall–Kier alpha value is -2.41. The number of carbonyl (C=O) groups excluding carboxylic acids is 3. The van der Waals surface area contributed by atoms with Gasteiger partial charge in [-0.1, -0.05) is 32.1 Å². The van der Waals surface area contributed by atoms with Gasteiger partial charge in [0, 0.05) is 18.5 Å². The molecular weight excluding hydrogens is 394 g/mol. The Kier molecular flexibility index (Phi) is 6.90. The summed E-state index contributed by atoms with van der Waals surface area (Å²) < 4.78 is 0. The van der Waals surface area contributed by atoms with Crippen LogP contribution in [0, 0.1) is 11.8 Å². The predicted octanol–water partition coefficient (Wildman–Crippen LogP) is 2.72. The molecule has 1 aromatic rings. The maximum Gasteiger partial charge on any atom is 0.255 e. The summed E-state index contributed by atoms with van der Waals surface area (Å²) in [5, 5.41) is 14.9. The van der Waals surface area contributed by atoms with E-state index in [1.165, 1.54) is 75.1 Å². The van der Waals surface area contributed by atoms with Crippen LogP contribution in [0.2, 0.25) is 0 Å². The number of nitrogens with one attached hydrogen (secondary N) is 2. The smallest absolute Gasteiger partial charge is 0.255 e. The lowest BCUT2D eigenvalue weighted by Gasteiger charge is -2.29. The van der Waals surface area contributed by atoms with Crippen molar-refractivity contribution in [2.45, 2.75) is 70.4 Å². The molecule has 0 spiro atoms. The molecule has 3 N–H and O–H groups in total. The topological polar surface area (TPSA) is 98.7 Å². The lowest BCUT2D eigenvalue weighted by molar-refractivity contribution is -0.136. The molecule has 3 heterocycles. The molecule has 2 aliphatic carbocycles. The lowest BCUT2D eigenvalue weighted by Crippen LogP contribution is -2.52. The monoisotopic (exact) mass is 427 g/mol. The van der Waals surface area contributed by atoms with Crippen LogP contribution in [-0.2, 0) is 16.1 Å². The van der Waals surface area contributed by atoms with Gasteiger partial charge in [0.2, 0.25) is 11.8 Å². The quantitative estimate of drug-likeness (QED) is 0.631. The third-order valence-corrected chi connectivity index (χ3v) is 6.86. The van der Waals surface area contributed by atoms with Crippen LogP contribution in [0.1, 0.15) is 73.7 Å². The van der Waals surface area contributed by atoms with Gasteiger partial charge in [-0.25, -0.2) is 0 Å². The molecule has 0 aromatic heterocycles. The number of nitrogens with zero attached hydrogens (tertiary/aromatic N) is 1. The highest BCUT2D eigenvalue weighted by molar-refractivity contribution is 6.05. The van der Waals surface area contributed by atoms with Crippen LogP contribution in [0.25, 0.3) is 0 Å². The lowest BCUT2D eigenvalue weighted by atomic mass is 9.98. The zero-order chi connectivity index (χ0) is 21.8. The fourth-order valence-corrected chi connectivity index (χ4v) is 4.66. The molecule has 3 amide bonds. The van der Waals surface area contributed by atoms with E-state index in [9.17, 15) is 19.5 Å². The number of piperidine rings is 1. The maximum atomic E-state index is 12.2. The molecule has 3 aliphatic heterocycles. The molecule has 1 atom stereocenters. The van der Waals surface area contributed by atoms with E-state index in [1.807, 2.05) is 0 Å². The van der Waals surface area contributed by atoms with E-state index in [0.29, 0.717) is 17.5 Å². The molecule has 6 rings (SSSR count). The molecule has 0 bridgehead atoms. The molecule has 1 aromatic carbocycles. The van der Waals surface area contributed by atoms with Gasteiger partial charge in [0.1, 0.15) is 11.8 Å². The van der Waals surface area contributed by atoms with Gasteiger partial charge in [-0.15, -0.1) is 0 Å². The van der Waals surface area contributed by atoms with E-state index in [4.69, 9.17) is 0 Å². The number of rotatable bonds is 2. The average Bonchev–Trinajstić information content (AvgIpc) is 3.21. The summed E-state index contributed by atoms with van der Waals surface area (Å²) in [5.41, 5.74) is 1.21. The number of carbonyl (C=O) groups is 3. The number of imide groups is 1. The number of phenolic OH excluding ortho intramolecular Hbond substituents is 1. The van der Waals surface area contributed by atoms with Crippen molar-refractivity contribution in [2.75, 3.05) is 13.1 Å². The second-order valence-electron chi connectivity index (χ2n) is 9.26. The SMILES string of the molecule is C1CC1C1CNC1.C1CCCC1.O=C1CCC(N2Cc3cc(O)ccc3C2=O)C(=O)N1. The summed E-state index contributed by atoms with van der Waals surface area (Å²) in [5.74, 6) is 1.35. The Morgan fingerprint density at radius 3 is 2.10 bits per heavy atom. The van der Waals surface area contributed by atoms with Crippen LogP contribution in [0.5, 0.6) is 5.75 Å². The van der Waals surface area contributed by atoms with E-state index in [2.05, 4.69) is 10.6 Å². The molecule has 2 saturated heterocycles. The predicted molar refractivity (Wildman–Crippen MR) is 116 cm³/mol. The number of benzene rings is 1. The first-order chi connectivity index (χ1) is 15.0. The fourth-order valence-electron chi connectivity index (χ4n) is 4.66. The fraction of sp³-hybridized carbons (Fsp3) is 0.625. The first-order valence-electron chi connectivity index (χ1n) is 11.7. The summed E-state index contributed by atoms with van der Waals surface area (Å²) in [6.07, 6.45) is 11.1. The Morgan fingerprint density at radius 1 is 0.903 bits per heavy atom. The first kappa shape index (κ1) is 21.8. The molecule has 7 heteroatoms. The molecule has 0 radical (unpaired) electrons. The standard InChI is InChI=1S/C13H12N2O4.C6H11N.C5H10/c16-8-1-2-9-7(5-8)6-15(13(9)19)10-3-4-11(17)14-12(10)18;1-2-5(1)6-3-7-4-6;1-2-4-5-3-1/h1-2,5,10,16H,3-4,6H2,(H,14,17,18);5-7H,1-4H2;1-5H2. The molecule has 5 aliphatic rings. The highest BCUT2D eigenvalue weighted by Crippen LogP contribution is 2.38. The average molecular weight is 428 g/mol. The molecule has 168 valence electrons. The minimum atomic E-state index is -0.611. The maximum absolute atomic E-state index is 12.2. The minimum Gasteiger partial charge on any atom is -0.508 e. The Bertz CT molecular complexity index is 821. The van der Waals surface area contributed by atoms with Crippen molar-refractivity contribution in [3.05, 3.63) is 29.3 Å². The van der Waals surface area contributed by atoms with E-state index >= 15 is 0 Å². The zero-order valence-corrected chi connectivity index (χ0v) is 18.1. The summed E-state index contributed by atoms with van der Waals surface area (Å²) >= 11 is 0. The zero-order valence-electron chi connectivity index (χ0n) is 18.1. The second kappa shape index (κ2) is 9.81. The molecule has 1 unspecified atom stereocenters. The van der Waals surface area contributed by atoms with Crippen molar-refractivity contribution in [3.8, 4) is 5.75 Å². The van der Waals surface area contributed by atoms with Crippen molar-refractivity contribution >= 4 is 17.7 Å². The van der Waals surface area contributed by atoms with Gasteiger partial charge in [-0.3, -0.25) is 19.7 Å². The van der Waals surface area contributed by atoms with Crippen LogP contribution in [-0.4, -0.2) is 46.9 Å². The number of phenols is 1. The van der Waals surface area contributed by atoms with Crippen molar-refractivity contribution in [1.29, 1.82) is 0 Å². The number of amides is 3. The third kappa shape index (κ3) is 5.45. The van der Waals surface area contributed by atoms with Crippen molar-refractivity contribution < 1.29 is 19.5 Å². The summed E-state index contributed by atoms with van der Waals surface area (Å²) in [6.45, 7) is 2.91. The van der Waals surface area contributed by atoms with Gasteiger partial charge in [-0.2, -0.15) is 0 Å². The highest BCUT2D eigenvalue weighted by Gasteiger charge is 2.39. The number of hydrogen-bond donors (Lipinski definition) is 3. The third-order valence-electron chi connectivity index (χ3n) is 6.86. The largest absolute Gasteiger partial charge is 0.508 e. The number of aromatic hydroxyl groups is 1. The Balaban J connectivity index is 0.000000155. The van der Waals surface area contributed by atoms with Gasteiger partial charge in [0.15, 0.2) is 0 Å². The normalized spacial score (nSPS) is 25.0. The minimum absolute atomic E-state index is 0.0941. The van der Waals surface area contributed by atoms with E-state index in [-0.39, 0.29) is 30.5 Å². The van der Waals surface area contributed by atoms with Crippen LogP contribution in [0.15, 0.2) is 18.2 Å². The van der Waals surface area contributed by atoms with Gasteiger partial charge < -0.3 is 15.3 Å². The first-order valence-corrected chi connectivity index (χ1v) is 11.7. The summed E-state index contributed by atoms with van der Waals surface area (Å²) in [7, 11) is 0. The molecular formula is C24H33N3O4. The molecule has 4 fully saturated rings. The van der Waals surface area contributed by atoms with Gasteiger partial charge >= 0.3 is 0 Å². The van der Waals surface area contributed by atoms with Crippen LogP contribution < -0.4 is 10.6 Å². The number of hydrogen-bond acceptors (Lipinski definition) is 5. The summed E-state index contributed by atoms with van der Waals surface area (Å²) in [4.78, 5) is 36.6. The van der Waals surface area contributed by atoms with Crippen LogP contribution >= 0.6 is 0 Å². The molecule has 7 nitrogen and oxygen atoms in total. The van der Waals surface area contributed by atoms with Gasteiger partial charge in [-0.05, 0) is 68.0 Å². The van der Waals surface area contributed by atoms with E-state index in [0.717, 1.165) is 11.8 Å². The molecule has 2 saturated carbocycles. The van der Waals surface area contributed by atoms with Crippen LogP contribution in [0.4, 0.5) is 0 Å². The van der Waals surface area contributed by atoms with Gasteiger partial charge in [0.25, 0.3) is 5.91 Å². The number of fused-ring (bicyclic) bond motifs is 1.